The van der Waals surface area contributed by atoms with Crippen molar-refractivity contribution in [3.63, 3.8) is 0 Å². The third-order valence-corrected chi connectivity index (χ3v) is 3.75. The van der Waals surface area contributed by atoms with Gasteiger partial charge in [0.2, 0.25) is 0 Å². The minimum atomic E-state index is 0.464. The molecule has 18 heavy (non-hydrogen) atoms. The number of nitrogens with zero attached hydrogens (tertiary/aromatic N) is 2. The minimum Gasteiger partial charge on any atom is -0.389 e. The molecular weight excluding hydrogens is 262 g/mol. The van der Waals surface area contributed by atoms with Crippen LogP contribution in [0.3, 0.4) is 0 Å². The second-order valence-corrected chi connectivity index (χ2v) is 5.73. The van der Waals surface area contributed by atoms with Crippen molar-refractivity contribution in [2.75, 3.05) is 45.4 Å². The highest BCUT2D eigenvalue weighted by Gasteiger charge is 2.13. The van der Waals surface area contributed by atoms with Gasteiger partial charge in [-0.25, -0.2) is 0 Å². The molecule has 1 aromatic carbocycles. The average Bonchev–Trinajstić information content (AvgIpc) is 2.34. The highest BCUT2D eigenvalue weighted by atomic mass is 32.2. The van der Waals surface area contributed by atoms with Gasteiger partial charge in [0.15, 0.2) is 0 Å². The maximum Gasteiger partial charge on any atom is 0.107 e. The van der Waals surface area contributed by atoms with Crippen LogP contribution in [-0.2, 0) is 0 Å². The molecule has 0 spiro atoms. The van der Waals surface area contributed by atoms with Gasteiger partial charge in [-0.1, -0.05) is 18.3 Å². The molecule has 0 heterocycles. The normalized spacial score (nSPS) is 10.7. The summed E-state index contributed by atoms with van der Waals surface area (Å²) in [5.74, 6) is 0. The van der Waals surface area contributed by atoms with Crippen molar-refractivity contribution in [1.82, 2.24) is 4.90 Å². The Balaban J connectivity index is 3.03. The number of thioether (sulfide) groups is 1. The highest BCUT2D eigenvalue weighted by Crippen LogP contribution is 2.29. The standard InChI is InChI=1S/C13H21N3S2/c1-15(2)8-9-16(3)10-6-5-7-11(18-4)12(10)13(14)17/h5-7H,8-9H2,1-4H3,(H2,14,17). The summed E-state index contributed by atoms with van der Waals surface area (Å²) < 4.78 is 0. The predicted octanol–water partition coefficient (Wildman–Crippen LogP) is 2.04. The van der Waals surface area contributed by atoms with E-state index >= 15 is 0 Å². The van der Waals surface area contributed by atoms with Gasteiger partial charge in [0.1, 0.15) is 4.99 Å². The van der Waals surface area contributed by atoms with Crippen LogP contribution in [0.2, 0.25) is 0 Å². The minimum absolute atomic E-state index is 0.464. The Morgan fingerprint density at radius 1 is 1.28 bits per heavy atom. The van der Waals surface area contributed by atoms with E-state index in [-0.39, 0.29) is 0 Å². The lowest BCUT2D eigenvalue weighted by Gasteiger charge is -2.25. The smallest absolute Gasteiger partial charge is 0.107 e. The largest absolute Gasteiger partial charge is 0.389 e. The molecule has 5 heteroatoms. The second-order valence-electron chi connectivity index (χ2n) is 4.44. The molecular formula is C13H21N3S2. The molecule has 0 unspecified atom stereocenters. The van der Waals surface area contributed by atoms with Crippen LogP contribution in [0.5, 0.6) is 0 Å². The average molecular weight is 283 g/mol. The van der Waals surface area contributed by atoms with E-state index in [4.69, 9.17) is 18.0 Å². The summed E-state index contributed by atoms with van der Waals surface area (Å²) in [6.45, 7) is 1.94. The molecule has 3 nitrogen and oxygen atoms in total. The zero-order valence-electron chi connectivity index (χ0n) is 11.4. The first-order chi connectivity index (χ1) is 8.47. The van der Waals surface area contributed by atoms with Crippen LogP contribution >= 0.6 is 24.0 Å². The van der Waals surface area contributed by atoms with Gasteiger partial charge in [0.25, 0.3) is 0 Å². The molecule has 0 amide bonds. The first-order valence-electron chi connectivity index (χ1n) is 5.80. The van der Waals surface area contributed by atoms with Crippen LogP contribution in [0.25, 0.3) is 0 Å². The zero-order chi connectivity index (χ0) is 13.7. The number of thiocarbonyl (C=S) groups is 1. The molecule has 0 saturated carbocycles. The van der Waals surface area contributed by atoms with E-state index in [0.717, 1.165) is 29.2 Å². The molecule has 0 radical (unpaired) electrons. The van der Waals surface area contributed by atoms with Gasteiger partial charge in [-0.15, -0.1) is 11.8 Å². The van der Waals surface area contributed by atoms with Crippen LogP contribution in [-0.4, -0.2) is 50.4 Å². The molecule has 0 aromatic heterocycles. The summed E-state index contributed by atoms with van der Waals surface area (Å²) >= 11 is 6.86. The maximum atomic E-state index is 5.87. The van der Waals surface area contributed by atoms with E-state index in [1.807, 2.05) is 6.26 Å². The molecule has 0 aliphatic carbocycles. The number of rotatable bonds is 6. The van der Waals surface area contributed by atoms with Gasteiger partial charge in [0, 0.05) is 36.3 Å². The van der Waals surface area contributed by atoms with Crippen LogP contribution < -0.4 is 10.6 Å². The predicted molar refractivity (Wildman–Crippen MR) is 85.9 cm³/mol. The first kappa shape index (κ1) is 15.3. The summed E-state index contributed by atoms with van der Waals surface area (Å²) in [6, 6.07) is 6.18. The number of likely N-dealkylation sites (N-methyl/N-ethyl adjacent to an activating group) is 2. The van der Waals surface area contributed by atoms with Crippen molar-refractivity contribution in [2.45, 2.75) is 4.90 Å². The van der Waals surface area contributed by atoms with Crippen molar-refractivity contribution >= 4 is 34.7 Å². The molecule has 0 saturated heterocycles. The lowest BCUT2D eigenvalue weighted by Crippen LogP contribution is -2.30. The summed E-state index contributed by atoms with van der Waals surface area (Å²) in [7, 11) is 6.21. The number of hydrogen-bond donors (Lipinski definition) is 1. The molecule has 2 N–H and O–H groups in total. The third kappa shape index (κ3) is 3.86. The Hall–Kier alpha value is -0.780. The molecule has 0 atom stereocenters. The van der Waals surface area contributed by atoms with Crippen molar-refractivity contribution in [1.29, 1.82) is 0 Å². The topological polar surface area (TPSA) is 32.5 Å². The van der Waals surface area contributed by atoms with Gasteiger partial charge in [-0.2, -0.15) is 0 Å². The fourth-order valence-corrected chi connectivity index (χ4v) is 2.64. The third-order valence-electron chi connectivity index (χ3n) is 2.76. The molecule has 100 valence electrons. The van der Waals surface area contributed by atoms with Crippen molar-refractivity contribution in [3.8, 4) is 0 Å². The molecule has 0 fully saturated rings. The monoisotopic (exact) mass is 283 g/mol. The van der Waals surface area contributed by atoms with E-state index < -0.39 is 0 Å². The first-order valence-corrected chi connectivity index (χ1v) is 7.43. The molecule has 0 aliphatic rings. The Kier molecular flexibility index (Phi) is 5.91. The van der Waals surface area contributed by atoms with Crippen molar-refractivity contribution in [3.05, 3.63) is 23.8 Å². The van der Waals surface area contributed by atoms with Crippen LogP contribution in [0.15, 0.2) is 23.1 Å². The van der Waals surface area contributed by atoms with E-state index in [1.165, 1.54) is 0 Å². The van der Waals surface area contributed by atoms with Crippen molar-refractivity contribution < 1.29 is 0 Å². The molecule has 1 rings (SSSR count). The van der Waals surface area contributed by atoms with Crippen LogP contribution in [0, 0.1) is 0 Å². The van der Waals surface area contributed by atoms with Crippen LogP contribution in [0.1, 0.15) is 5.56 Å². The zero-order valence-corrected chi connectivity index (χ0v) is 13.1. The Labute approximate surface area is 119 Å². The molecule has 0 bridgehead atoms. The lowest BCUT2D eigenvalue weighted by atomic mass is 10.1. The Bertz CT molecular complexity index is 419. The quantitative estimate of drug-likeness (QED) is 0.638. The van der Waals surface area contributed by atoms with Gasteiger partial charge < -0.3 is 15.5 Å². The van der Waals surface area contributed by atoms with Gasteiger partial charge in [-0.3, -0.25) is 0 Å². The number of hydrogen-bond acceptors (Lipinski definition) is 4. The number of benzene rings is 1. The molecule has 1 aromatic rings. The van der Waals surface area contributed by atoms with Gasteiger partial charge in [-0.05, 0) is 32.5 Å². The van der Waals surface area contributed by atoms with Crippen LogP contribution in [0.4, 0.5) is 5.69 Å². The Morgan fingerprint density at radius 2 is 1.94 bits per heavy atom. The van der Waals surface area contributed by atoms with E-state index in [2.05, 4.69) is 49.1 Å². The Morgan fingerprint density at radius 3 is 2.44 bits per heavy atom. The molecule has 0 aliphatic heterocycles. The fraction of sp³-hybridized carbons (Fsp3) is 0.462. The number of anilines is 1. The van der Waals surface area contributed by atoms with E-state index in [0.29, 0.717) is 4.99 Å². The van der Waals surface area contributed by atoms with E-state index in [1.54, 1.807) is 11.8 Å². The summed E-state index contributed by atoms with van der Waals surface area (Å²) in [5.41, 5.74) is 7.96. The SMILES string of the molecule is CSc1cccc(N(C)CCN(C)C)c1C(N)=S. The highest BCUT2D eigenvalue weighted by molar-refractivity contribution is 7.98. The fourth-order valence-electron chi connectivity index (χ4n) is 1.73. The maximum absolute atomic E-state index is 5.87. The second kappa shape index (κ2) is 6.97. The number of nitrogens with two attached hydrogens (primary N) is 1. The van der Waals surface area contributed by atoms with Gasteiger partial charge in [0.05, 0.1) is 0 Å². The summed E-state index contributed by atoms with van der Waals surface area (Å²) in [4.78, 5) is 5.96. The van der Waals surface area contributed by atoms with E-state index in [9.17, 15) is 0 Å². The lowest BCUT2D eigenvalue weighted by molar-refractivity contribution is 0.416. The van der Waals surface area contributed by atoms with Gasteiger partial charge >= 0.3 is 0 Å². The summed E-state index contributed by atoms with van der Waals surface area (Å²) in [6.07, 6.45) is 2.04. The van der Waals surface area contributed by atoms with Crippen molar-refractivity contribution in [2.24, 2.45) is 5.73 Å². The summed E-state index contributed by atoms with van der Waals surface area (Å²) in [5, 5.41) is 0.